The summed E-state index contributed by atoms with van der Waals surface area (Å²) in [5, 5.41) is 0. The second-order valence-electron chi connectivity index (χ2n) is 5.00. The van der Waals surface area contributed by atoms with Crippen LogP contribution in [-0.2, 0) is 6.42 Å². The molecule has 114 valence electrons. The fourth-order valence-electron chi connectivity index (χ4n) is 2.63. The van der Waals surface area contributed by atoms with Crippen molar-refractivity contribution in [1.82, 2.24) is 9.38 Å². The molecule has 0 atom stereocenters. The van der Waals surface area contributed by atoms with E-state index in [1.807, 2.05) is 42.5 Å². The number of aldehydes is 1. The van der Waals surface area contributed by atoms with Gasteiger partial charge in [-0.05, 0) is 50.1 Å². The minimum Gasteiger partial charge on any atom is -0.494 e. The number of thiazole rings is 1. The summed E-state index contributed by atoms with van der Waals surface area (Å²) < 4.78 is 7.47. The van der Waals surface area contributed by atoms with E-state index in [1.165, 1.54) is 4.88 Å². The van der Waals surface area contributed by atoms with Gasteiger partial charge in [-0.2, -0.15) is 0 Å². The number of aryl methyl sites for hydroxylation is 2. The highest BCUT2D eigenvalue weighted by Crippen LogP contribution is 2.34. The van der Waals surface area contributed by atoms with Crippen molar-refractivity contribution in [2.75, 3.05) is 6.61 Å². The number of ether oxygens (including phenoxy) is 1. The number of fused-ring (bicyclic) bond motifs is 1. The normalized spacial score (nSPS) is 11.0. The maximum atomic E-state index is 11.4. The molecule has 0 N–H and O–H groups in total. The lowest BCUT2D eigenvalue weighted by atomic mass is 10.1. The van der Waals surface area contributed by atoms with Gasteiger partial charge in [-0.15, -0.1) is 11.3 Å². The Morgan fingerprint density at radius 2 is 2.00 bits per heavy atom. The van der Waals surface area contributed by atoms with Gasteiger partial charge in [0.15, 0.2) is 11.2 Å². The van der Waals surface area contributed by atoms with E-state index in [-0.39, 0.29) is 0 Å². The summed E-state index contributed by atoms with van der Waals surface area (Å²) in [7, 11) is 0. The molecule has 4 nitrogen and oxygen atoms in total. The van der Waals surface area contributed by atoms with Crippen molar-refractivity contribution in [3.05, 3.63) is 40.5 Å². The highest BCUT2D eigenvalue weighted by Gasteiger charge is 2.19. The molecule has 0 aliphatic rings. The topological polar surface area (TPSA) is 43.6 Å². The van der Waals surface area contributed by atoms with E-state index in [0.29, 0.717) is 12.3 Å². The number of imidazole rings is 1. The Balaban J connectivity index is 2.21. The van der Waals surface area contributed by atoms with Crippen LogP contribution in [0.1, 0.15) is 34.9 Å². The van der Waals surface area contributed by atoms with E-state index in [1.54, 1.807) is 11.3 Å². The van der Waals surface area contributed by atoms with Crippen molar-refractivity contribution < 1.29 is 9.53 Å². The highest BCUT2D eigenvalue weighted by molar-refractivity contribution is 7.17. The van der Waals surface area contributed by atoms with Crippen LogP contribution in [0.3, 0.4) is 0 Å². The first kappa shape index (κ1) is 14.8. The zero-order chi connectivity index (χ0) is 15.7. The van der Waals surface area contributed by atoms with Crippen molar-refractivity contribution in [3.63, 3.8) is 0 Å². The average molecular weight is 314 g/mol. The molecule has 0 spiro atoms. The van der Waals surface area contributed by atoms with Crippen molar-refractivity contribution >= 4 is 22.6 Å². The summed E-state index contributed by atoms with van der Waals surface area (Å²) >= 11 is 1.65. The zero-order valence-corrected chi connectivity index (χ0v) is 13.7. The van der Waals surface area contributed by atoms with Crippen molar-refractivity contribution in [1.29, 1.82) is 0 Å². The lowest BCUT2D eigenvalue weighted by Gasteiger charge is -2.07. The fourth-order valence-corrected chi connectivity index (χ4v) is 3.76. The number of aromatic nitrogens is 2. The van der Waals surface area contributed by atoms with Gasteiger partial charge in [0.25, 0.3) is 0 Å². The highest BCUT2D eigenvalue weighted by atomic mass is 32.1. The number of rotatable bonds is 5. The van der Waals surface area contributed by atoms with Crippen LogP contribution in [0.5, 0.6) is 5.75 Å². The third-order valence-corrected chi connectivity index (χ3v) is 4.82. The first-order valence-corrected chi connectivity index (χ1v) is 8.20. The van der Waals surface area contributed by atoms with Crippen LogP contribution in [-0.4, -0.2) is 22.3 Å². The van der Waals surface area contributed by atoms with E-state index in [9.17, 15) is 4.79 Å². The summed E-state index contributed by atoms with van der Waals surface area (Å²) in [6, 6.07) is 8.00. The third kappa shape index (κ3) is 2.31. The van der Waals surface area contributed by atoms with Gasteiger partial charge in [-0.25, -0.2) is 4.98 Å². The third-order valence-electron chi connectivity index (χ3n) is 3.64. The van der Waals surface area contributed by atoms with Gasteiger partial charge in [-0.3, -0.25) is 9.20 Å². The molecule has 0 saturated carbocycles. The van der Waals surface area contributed by atoms with Crippen molar-refractivity contribution in [2.24, 2.45) is 0 Å². The second kappa shape index (κ2) is 5.93. The molecular formula is C17H18N2O2S. The van der Waals surface area contributed by atoms with Crippen LogP contribution in [0.2, 0.25) is 0 Å². The maximum absolute atomic E-state index is 11.4. The Morgan fingerprint density at radius 1 is 1.27 bits per heavy atom. The summed E-state index contributed by atoms with van der Waals surface area (Å²) in [5.41, 5.74) is 3.55. The average Bonchev–Trinajstić information content (AvgIpc) is 3.02. The Morgan fingerprint density at radius 3 is 2.59 bits per heavy atom. The van der Waals surface area contributed by atoms with E-state index in [0.717, 1.165) is 40.4 Å². The van der Waals surface area contributed by atoms with Crippen LogP contribution in [0.4, 0.5) is 0 Å². The minimum atomic E-state index is 0.634. The molecule has 0 bridgehead atoms. The SMILES string of the molecule is CCOc1ccc(-c2c(CC)sc3nc(C)c(C=O)n23)cc1. The smallest absolute Gasteiger partial charge is 0.195 e. The molecule has 2 heterocycles. The Kier molecular flexibility index (Phi) is 3.98. The summed E-state index contributed by atoms with van der Waals surface area (Å²) in [5.74, 6) is 0.855. The zero-order valence-electron chi connectivity index (χ0n) is 12.9. The van der Waals surface area contributed by atoms with E-state index in [2.05, 4.69) is 11.9 Å². The van der Waals surface area contributed by atoms with Gasteiger partial charge >= 0.3 is 0 Å². The second-order valence-corrected chi connectivity index (χ2v) is 6.07. The molecule has 3 aromatic rings. The largest absolute Gasteiger partial charge is 0.494 e. The molecule has 0 amide bonds. The molecule has 0 aliphatic heterocycles. The number of nitrogens with zero attached hydrogens (tertiary/aromatic N) is 2. The summed E-state index contributed by atoms with van der Waals surface area (Å²) in [4.78, 5) is 18.1. The lowest BCUT2D eigenvalue weighted by molar-refractivity contribution is 0.111. The minimum absolute atomic E-state index is 0.634. The van der Waals surface area contributed by atoms with Gasteiger partial charge in [0, 0.05) is 4.88 Å². The van der Waals surface area contributed by atoms with Gasteiger partial charge in [0.2, 0.25) is 0 Å². The number of carbonyl (C=O) groups excluding carboxylic acids is 1. The fraction of sp³-hybridized carbons (Fsp3) is 0.294. The molecule has 0 unspecified atom stereocenters. The summed E-state index contributed by atoms with van der Waals surface area (Å²) in [6.45, 7) is 6.61. The molecule has 0 saturated heterocycles. The predicted molar refractivity (Wildman–Crippen MR) is 89.2 cm³/mol. The van der Waals surface area contributed by atoms with Crippen LogP contribution in [0, 0.1) is 6.92 Å². The number of benzene rings is 1. The number of carbonyl (C=O) groups is 1. The molecule has 0 aliphatic carbocycles. The molecule has 0 fully saturated rings. The van der Waals surface area contributed by atoms with E-state index in [4.69, 9.17) is 4.74 Å². The molecule has 3 rings (SSSR count). The van der Waals surface area contributed by atoms with Gasteiger partial charge < -0.3 is 4.74 Å². The van der Waals surface area contributed by atoms with E-state index >= 15 is 0 Å². The molecule has 1 aromatic carbocycles. The van der Waals surface area contributed by atoms with Crippen LogP contribution in [0.15, 0.2) is 24.3 Å². The quantitative estimate of drug-likeness (QED) is 0.665. The Bertz CT molecular complexity index is 815. The van der Waals surface area contributed by atoms with Crippen LogP contribution >= 0.6 is 11.3 Å². The van der Waals surface area contributed by atoms with Crippen molar-refractivity contribution in [3.8, 4) is 17.0 Å². The maximum Gasteiger partial charge on any atom is 0.195 e. The standard InChI is InChI=1S/C17H18N2O2S/c1-4-15-16(12-6-8-13(9-7-12)21-5-2)19-14(10-20)11(3)18-17(19)22-15/h6-10H,4-5H2,1-3H3. The molecule has 5 heteroatoms. The number of hydrogen-bond acceptors (Lipinski definition) is 4. The molecule has 22 heavy (non-hydrogen) atoms. The van der Waals surface area contributed by atoms with Crippen LogP contribution in [0.25, 0.3) is 16.2 Å². The molecule has 0 radical (unpaired) electrons. The van der Waals surface area contributed by atoms with Gasteiger partial charge in [0.1, 0.15) is 11.4 Å². The first-order valence-electron chi connectivity index (χ1n) is 7.38. The van der Waals surface area contributed by atoms with E-state index < -0.39 is 0 Å². The molecular weight excluding hydrogens is 296 g/mol. The van der Waals surface area contributed by atoms with Gasteiger partial charge in [0.05, 0.1) is 18.0 Å². The Labute approximate surface area is 133 Å². The lowest BCUT2D eigenvalue weighted by Crippen LogP contribution is -1.96. The first-order chi connectivity index (χ1) is 10.7. The van der Waals surface area contributed by atoms with Crippen molar-refractivity contribution in [2.45, 2.75) is 27.2 Å². The van der Waals surface area contributed by atoms with Crippen LogP contribution < -0.4 is 4.74 Å². The number of hydrogen-bond donors (Lipinski definition) is 0. The Hall–Kier alpha value is -2.14. The summed E-state index contributed by atoms with van der Waals surface area (Å²) in [6.07, 6.45) is 1.80. The monoisotopic (exact) mass is 314 g/mol. The van der Waals surface area contributed by atoms with Gasteiger partial charge in [-0.1, -0.05) is 6.92 Å². The predicted octanol–water partition coefficient (Wildman–Crippen LogP) is 4.14. The molecule has 2 aromatic heterocycles.